The van der Waals surface area contributed by atoms with Gasteiger partial charge in [-0.15, -0.1) is 0 Å². The van der Waals surface area contributed by atoms with E-state index in [0.29, 0.717) is 23.7 Å². The van der Waals surface area contributed by atoms with Crippen LogP contribution in [0.3, 0.4) is 0 Å². The summed E-state index contributed by atoms with van der Waals surface area (Å²) in [5.74, 6) is -74.6. The molecular weight excluding hydrogens is 1310 g/mol. The van der Waals surface area contributed by atoms with Crippen LogP contribution in [-0.2, 0) is 33.2 Å². The number of rotatable bonds is 22. The van der Waals surface area contributed by atoms with Gasteiger partial charge in [-0.3, -0.25) is 33.2 Å². The summed E-state index contributed by atoms with van der Waals surface area (Å²) in [7, 11) is 0. The number of halogens is 47. The Morgan fingerprint density at radius 3 is 0.430 bits per heavy atom. The molecule has 0 radical (unpaired) electrons. The van der Waals surface area contributed by atoms with Gasteiger partial charge in [-0.2, -0.15) is 206 Å². The van der Waals surface area contributed by atoms with Gasteiger partial charge in [0.1, 0.15) is 6.61 Å². The molecule has 0 aromatic heterocycles. The van der Waals surface area contributed by atoms with Crippen LogP contribution in [0.15, 0.2) is 0 Å². The van der Waals surface area contributed by atoms with Crippen LogP contribution in [0.2, 0.25) is 0 Å². The van der Waals surface area contributed by atoms with E-state index >= 15 is 0 Å². The predicted molar refractivity (Wildman–Crippen MR) is 130 cm³/mol. The zero-order chi connectivity index (χ0) is 65.2. The molecule has 7 atom stereocenters. The van der Waals surface area contributed by atoms with Crippen molar-refractivity contribution in [3.05, 3.63) is 0 Å². The lowest BCUT2D eigenvalue weighted by atomic mass is 10.2. The van der Waals surface area contributed by atoms with Gasteiger partial charge in [-0.25, -0.2) is 0 Å². The van der Waals surface area contributed by atoms with Crippen molar-refractivity contribution in [2.24, 2.45) is 0 Å². The second kappa shape index (κ2) is 19.8. The molecule has 0 heterocycles. The maximum Gasteiger partial charge on any atom is 0.462 e. The molecule has 0 amide bonds. The summed E-state index contributed by atoms with van der Waals surface area (Å²) in [5.41, 5.74) is 0. The van der Waals surface area contributed by atoms with E-state index in [0.717, 1.165) is 4.74 Å². The second-order valence-corrected chi connectivity index (χ2v) is 13.3. The third kappa shape index (κ3) is 12.5. The molecule has 0 aromatic rings. The van der Waals surface area contributed by atoms with E-state index in [9.17, 15) is 206 Å². The van der Waals surface area contributed by atoms with Crippen molar-refractivity contribution >= 4 is 0 Å². The molecule has 0 saturated heterocycles. The molecule has 0 aliphatic rings. The summed E-state index contributed by atoms with van der Waals surface area (Å²) in [6, 6.07) is 0. The summed E-state index contributed by atoms with van der Waals surface area (Å²) >= 11 is 0. The van der Waals surface area contributed by atoms with E-state index in [1.165, 1.54) is 4.74 Å². The lowest BCUT2D eigenvalue weighted by Gasteiger charge is -2.45. The highest BCUT2D eigenvalue weighted by atomic mass is 19.5. The Balaban J connectivity index is 8.46. The Kier molecular flexibility index (Phi) is 18.9. The first kappa shape index (κ1) is 75.4. The standard InChI is InChI=1S/C24H3F47O8/c25-2(1-72,10(34,35)36)73-19(60,61)4(28,12(40,41)42)75-21(64,65)6(30,14(46,47)48)77-23(68,69)8(32,16(52,53)54)79-24(70,71)9(33,17(55,56)57)78-22(66,67)7(31,15(49,50)51)76-20(62,63)5(29,13(43,44)45)74-18(58,59)3(26,27)11(37,38)39/h72H,1H2. The molecule has 0 fully saturated rings. The lowest BCUT2D eigenvalue weighted by Crippen LogP contribution is -2.73. The maximum absolute atomic E-state index is 14.9. The normalized spacial score (nSPS) is 21.3. The van der Waals surface area contributed by atoms with Crippen molar-refractivity contribution in [2.45, 2.75) is 139 Å². The van der Waals surface area contributed by atoms with Gasteiger partial charge in [0.2, 0.25) is 0 Å². The van der Waals surface area contributed by atoms with Crippen LogP contribution in [0.1, 0.15) is 0 Å². The Morgan fingerprint density at radius 1 is 0.177 bits per heavy atom. The molecule has 0 aromatic carbocycles. The number of alkyl halides is 47. The Morgan fingerprint density at radius 2 is 0.316 bits per heavy atom. The third-order valence-corrected chi connectivity index (χ3v) is 7.68. The minimum atomic E-state index is -10.1. The van der Waals surface area contributed by atoms with Gasteiger partial charge in [0.05, 0.1) is 0 Å². The third-order valence-electron chi connectivity index (χ3n) is 7.68. The largest absolute Gasteiger partial charge is 0.462 e. The summed E-state index contributed by atoms with van der Waals surface area (Å²) in [5, 5.41) is 8.16. The molecule has 0 bridgehead atoms. The van der Waals surface area contributed by atoms with E-state index in [1.807, 2.05) is 0 Å². The van der Waals surface area contributed by atoms with Gasteiger partial charge < -0.3 is 5.11 Å². The Labute approximate surface area is 392 Å². The molecule has 8 nitrogen and oxygen atoms in total. The van der Waals surface area contributed by atoms with Gasteiger partial charge in [-0.05, 0) is 0 Å². The fraction of sp³-hybridized carbons (Fsp3) is 1.00. The van der Waals surface area contributed by atoms with Gasteiger partial charge in [0, 0.05) is 0 Å². The number of hydrogen-bond acceptors (Lipinski definition) is 8. The minimum absolute atomic E-state index is 0.478. The van der Waals surface area contributed by atoms with Crippen molar-refractivity contribution in [1.29, 1.82) is 0 Å². The molecule has 0 rings (SSSR count). The van der Waals surface area contributed by atoms with Gasteiger partial charge in [-0.1, -0.05) is 0 Å². The van der Waals surface area contributed by atoms with E-state index < -0.39 is 146 Å². The van der Waals surface area contributed by atoms with Crippen molar-refractivity contribution in [3.8, 4) is 0 Å². The van der Waals surface area contributed by atoms with Crippen molar-refractivity contribution in [1.82, 2.24) is 0 Å². The zero-order valence-corrected chi connectivity index (χ0v) is 33.3. The van der Waals surface area contributed by atoms with Gasteiger partial charge in [0.25, 0.3) is 0 Å². The van der Waals surface area contributed by atoms with E-state index in [4.69, 9.17) is 5.11 Å². The molecule has 55 heteroatoms. The second-order valence-electron chi connectivity index (χ2n) is 13.3. The maximum atomic E-state index is 14.9. The Bertz CT molecular complexity index is 2090. The molecule has 79 heavy (non-hydrogen) atoms. The summed E-state index contributed by atoms with van der Waals surface area (Å²) < 4.78 is 647. The summed E-state index contributed by atoms with van der Waals surface area (Å²) in [6.07, 6.45) is -139. The quantitative estimate of drug-likeness (QED) is 0.107. The van der Waals surface area contributed by atoms with E-state index in [1.54, 1.807) is 0 Å². The number of ether oxygens (including phenoxy) is 7. The Hall–Kier alpha value is -3.61. The first-order chi connectivity index (χ1) is 33.3. The first-order valence-corrected chi connectivity index (χ1v) is 16.2. The van der Waals surface area contributed by atoms with Crippen LogP contribution < -0.4 is 0 Å². The molecule has 476 valence electrons. The van der Waals surface area contributed by atoms with Crippen molar-refractivity contribution in [3.63, 3.8) is 0 Å². The predicted octanol–water partition coefficient (Wildman–Crippen LogP) is 14.0. The smallest absolute Gasteiger partial charge is 0.390 e. The fourth-order valence-corrected chi connectivity index (χ4v) is 3.76. The molecule has 0 aliphatic carbocycles. The van der Waals surface area contributed by atoms with Crippen LogP contribution in [0.25, 0.3) is 0 Å². The van der Waals surface area contributed by atoms with Crippen LogP contribution in [0, 0.1) is 0 Å². The van der Waals surface area contributed by atoms with Crippen LogP contribution in [-0.4, -0.2) is 151 Å². The number of aliphatic hydroxyl groups excluding tert-OH is 1. The van der Waals surface area contributed by atoms with Crippen molar-refractivity contribution in [2.75, 3.05) is 6.61 Å². The molecule has 0 saturated carbocycles. The molecule has 0 spiro atoms. The summed E-state index contributed by atoms with van der Waals surface area (Å²) in [4.78, 5) is 0. The number of hydrogen-bond donors (Lipinski definition) is 1. The van der Waals surface area contributed by atoms with Gasteiger partial charge >= 0.3 is 139 Å². The molecular formula is C24H3F47O8. The fourth-order valence-electron chi connectivity index (χ4n) is 3.76. The highest BCUT2D eigenvalue weighted by Crippen LogP contribution is 2.64. The molecule has 7 unspecified atom stereocenters. The van der Waals surface area contributed by atoms with Crippen LogP contribution in [0.5, 0.6) is 0 Å². The van der Waals surface area contributed by atoms with Crippen LogP contribution >= 0.6 is 0 Å². The highest BCUT2D eigenvalue weighted by molar-refractivity contribution is 5.02. The first-order valence-electron chi connectivity index (χ1n) is 16.2. The minimum Gasteiger partial charge on any atom is -0.390 e. The zero-order valence-electron chi connectivity index (χ0n) is 33.3. The number of aliphatic hydroxyl groups is 1. The van der Waals surface area contributed by atoms with Gasteiger partial charge in [0.15, 0.2) is 0 Å². The summed E-state index contributed by atoms with van der Waals surface area (Å²) in [6.45, 7) is -4.05. The topological polar surface area (TPSA) is 84.8 Å². The SMILES string of the molecule is OCC(F)(OC(F)(F)C(F)(OC(F)(F)C(F)(OC(F)(F)C(F)(OC(F)(F)C(F)(OC(F)(F)C(F)(OC(F)(F)C(F)(OC(F)(F)C(F)(F)C(F)(F)F)C(F)(F)F)C(F)(F)F)C(F)(F)F)C(F)(F)F)C(F)(F)F)C(F)(F)F)C(F)(F)F. The van der Waals surface area contributed by atoms with Crippen molar-refractivity contribution < 1.29 is 245 Å². The lowest BCUT2D eigenvalue weighted by molar-refractivity contribution is -0.608. The monoisotopic (exact) mass is 1310 g/mol. The highest BCUT2D eigenvalue weighted by Gasteiger charge is 2.93. The van der Waals surface area contributed by atoms with Crippen LogP contribution in [0.4, 0.5) is 206 Å². The average Bonchev–Trinajstić information content (AvgIpc) is 3.12. The van der Waals surface area contributed by atoms with E-state index in [-0.39, 0.29) is 0 Å². The molecule has 1 N–H and O–H groups in total. The van der Waals surface area contributed by atoms with E-state index in [2.05, 4.69) is 0 Å². The molecule has 0 aliphatic heterocycles. The average molecular weight is 1310 g/mol.